The molecule has 0 fully saturated rings. The van der Waals surface area contributed by atoms with Gasteiger partial charge in [-0.15, -0.1) is 0 Å². The van der Waals surface area contributed by atoms with E-state index in [9.17, 15) is 5.11 Å². The summed E-state index contributed by atoms with van der Waals surface area (Å²) in [5.74, 6) is 0. The van der Waals surface area contributed by atoms with Crippen molar-refractivity contribution in [1.29, 1.82) is 0 Å². The van der Waals surface area contributed by atoms with E-state index in [1.54, 1.807) is 0 Å². The lowest BCUT2D eigenvalue weighted by Gasteiger charge is -2.20. The topological polar surface area (TPSA) is 20.2 Å². The van der Waals surface area contributed by atoms with Gasteiger partial charge in [0.1, 0.15) is 0 Å². The van der Waals surface area contributed by atoms with Gasteiger partial charge in [-0.05, 0) is 46.9 Å². The van der Waals surface area contributed by atoms with E-state index in [1.807, 2.05) is 0 Å². The smallest absolute Gasteiger partial charge is 0.0801 e. The summed E-state index contributed by atoms with van der Waals surface area (Å²) >= 11 is 0. The largest absolute Gasteiger partial charge is 0.388 e. The summed E-state index contributed by atoms with van der Waals surface area (Å²) in [6, 6.07) is 4.55. The number of benzene rings is 1. The Labute approximate surface area is 98.5 Å². The number of rotatable bonds is 2. The maximum Gasteiger partial charge on any atom is 0.0801 e. The quantitative estimate of drug-likeness (QED) is 0.805. The van der Waals surface area contributed by atoms with Crippen LogP contribution in [0.3, 0.4) is 0 Å². The van der Waals surface area contributed by atoms with E-state index < -0.39 is 0 Å². The van der Waals surface area contributed by atoms with E-state index in [4.69, 9.17) is 0 Å². The third-order valence-corrected chi connectivity index (χ3v) is 3.93. The minimum atomic E-state index is -0.263. The van der Waals surface area contributed by atoms with Crippen molar-refractivity contribution in [3.8, 4) is 0 Å². The number of aliphatic hydroxyl groups excluding tert-OH is 1. The van der Waals surface area contributed by atoms with Crippen molar-refractivity contribution < 1.29 is 5.11 Å². The number of hydrogen-bond acceptors (Lipinski definition) is 1. The number of aryl methyl sites for hydroxylation is 2. The first-order valence-corrected chi connectivity index (χ1v) is 6.33. The van der Waals surface area contributed by atoms with E-state index in [1.165, 1.54) is 22.3 Å². The van der Waals surface area contributed by atoms with Crippen molar-refractivity contribution in [1.82, 2.24) is 0 Å². The Morgan fingerprint density at radius 3 is 2.31 bits per heavy atom. The lowest BCUT2D eigenvalue weighted by molar-refractivity contribution is 0.161. The summed E-state index contributed by atoms with van der Waals surface area (Å²) in [6.07, 6.45) is 2.74. The average Bonchev–Trinajstić information content (AvgIpc) is 2.47. The number of aliphatic hydroxyl groups is 1. The molecule has 1 atom stereocenters. The lowest BCUT2D eigenvalue weighted by Crippen LogP contribution is -2.13. The van der Waals surface area contributed by atoms with Gasteiger partial charge in [-0.25, -0.2) is 0 Å². The predicted octanol–water partition coefficient (Wildman–Crippen LogP) is 3.53. The summed E-state index contributed by atoms with van der Waals surface area (Å²) in [5.41, 5.74) is 5.50. The molecular weight excluding hydrogens is 196 g/mol. The normalized spacial score (nSPS) is 22.2. The zero-order valence-corrected chi connectivity index (χ0v) is 10.8. The molecule has 0 heterocycles. The lowest BCUT2D eigenvalue weighted by atomic mass is 9.84. The molecule has 1 aromatic rings. The summed E-state index contributed by atoms with van der Waals surface area (Å²) in [7, 11) is 0. The van der Waals surface area contributed by atoms with Crippen LogP contribution >= 0.6 is 0 Å². The van der Waals surface area contributed by atoms with Gasteiger partial charge in [0.2, 0.25) is 0 Å². The second-order valence-electron chi connectivity index (χ2n) is 5.52. The second-order valence-corrected chi connectivity index (χ2v) is 5.52. The van der Waals surface area contributed by atoms with Gasteiger partial charge in [-0.2, -0.15) is 0 Å². The van der Waals surface area contributed by atoms with Crippen LogP contribution in [0.25, 0.3) is 0 Å². The van der Waals surface area contributed by atoms with E-state index >= 15 is 0 Å². The van der Waals surface area contributed by atoms with Gasteiger partial charge in [-0.1, -0.05) is 39.8 Å². The van der Waals surface area contributed by atoms with Crippen molar-refractivity contribution in [3.05, 3.63) is 34.4 Å². The molecule has 1 nitrogen and oxygen atoms in total. The second kappa shape index (κ2) is 3.89. The van der Waals surface area contributed by atoms with Crippen LogP contribution in [-0.4, -0.2) is 5.11 Å². The average molecular weight is 218 g/mol. The van der Waals surface area contributed by atoms with Gasteiger partial charge in [0.05, 0.1) is 6.10 Å². The van der Waals surface area contributed by atoms with Gasteiger partial charge in [0.25, 0.3) is 0 Å². The fraction of sp³-hybridized carbons (Fsp3) is 0.600. The van der Waals surface area contributed by atoms with Crippen molar-refractivity contribution in [2.75, 3.05) is 0 Å². The maximum absolute atomic E-state index is 10.1. The first-order valence-electron chi connectivity index (χ1n) is 6.33. The van der Waals surface area contributed by atoms with Crippen LogP contribution in [0.5, 0.6) is 0 Å². The van der Waals surface area contributed by atoms with E-state index in [0.29, 0.717) is 0 Å². The molecule has 0 radical (unpaired) electrons. The van der Waals surface area contributed by atoms with Crippen LogP contribution in [0.1, 0.15) is 62.5 Å². The van der Waals surface area contributed by atoms with Crippen molar-refractivity contribution in [2.24, 2.45) is 0 Å². The van der Waals surface area contributed by atoms with Gasteiger partial charge in [0, 0.05) is 0 Å². The first kappa shape index (κ1) is 11.7. The predicted molar refractivity (Wildman–Crippen MR) is 67.8 cm³/mol. The van der Waals surface area contributed by atoms with Crippen LogP contribution in [-0.2, 0) is 18.3 Å². The molecule has 1 N–H and O–H groups in total. The Balaban J connectivity index is 2.59. The van der Waals surface area contributed by atoms with Gasteiger partial charge in [0.15, 0.2) is 0 Å². The van der Waals surface area contributed by atoms with Crippen molar-refractivity contribution in [3.63, 3.8) is 0 Å². The minimum Gasteiger partial charge on any atom is -0.388 e. The molecule has 0 saturated heterocycles. The molecule has 1 aromatic carbocycles. The molecule has 88 valence electrons. The molecule has 0 bridgehead atoms. The number of fused-ring (bicyclic) bond motifs is 1. The Hall–Kier alpha value is -0.820. The number of hydrogen-bond donors (Lipinski definition) is 1. The van der Waals surface area contributed by atoms with Crippen LogP contribution < -0.4 is 0 Å². The van der Waals surface area contributed by atoms with E-state index in [2.05, 4.69) is 39.8 Å². The minimum absolute atomic E-state index is 0.130. The van der Waals surface area contributed by atoms with E-state index in [0.717, 1.165) is 19.3 Å². The van der Waals surface area contributed by atoms with Gasteiger partial charge in [-0.3, -0.25) is 0 Å². The van der Waals surface area contributed by atoms with Crippen LogP contribution in [0.15, 0.2) is 12.1 Å². The monoisotopic (exact) mass is 218 g/mol. The summed E-state index contributed by atoms with van der Waals surface area (Å²) in [4.78, 5) is 0. The Kier molecular flexibility index (Phi) is 2.83. The molecule has 0 saturated carbocycles. The fourth-order valence-electron chi connectivity index (χ4n) is 2.93. The highest BCUT2D eigenvalue weighted by Crippen LogP contribution is 2.45. The van der Waals surface area contributed by atoms with E-state index in [-0.39, 0.29) is 11.5 Å². The van der Waals surface area contributed by atoms with Crippen molar-refractivity contribution in [2.45, 2.75) is 58.5 Å². The molecule has 0 aliphatic heterocycles. The molecule has 1 aliphatic carbocycles. The highest BCUT2D eigenvalue weighted by Gasteiger charge is 2.36. The van der Waals surface area contributed by atoms with Gasteiger partial charge < -0.3 is 5.11 Å². The molecule has 1 aliphatic rings. The molecule has 16 heavy (non-hydrogen) atoms. The highest BCUT2D eigenvalue weighted by molar-refractivity contribution is 5.46. The van der Waals surface area contributed by atoms with Crippen molar-refractivity contribution >= 4 is 0 Å². The molecular formula is C15H22O. The third-order valence-electron chi connectivity index (χ3n) is 3.93. The molecule has 1 heteroatoms. The molecule has 0 spiro atoms. The zero-order valence-electron chi connectivity index (χ0n) is 10.8. The summed E-state index contributed by atoms with van der Waals surface area (Å²) < 4.78 is 0. The molecule has 0 aromatic heterocycles. The summed E-state index contributed by atoms with van der Waals surface area (Å²) in [6.45, 7) is 8.85. The Morgan fingerprint density at radius 1 is 1.19 bits per heavy atom. The van der Waals surface area contributed by atoms with Crippen LogP contribution in [0, 0.1) is 0 Å². The maximum atomic E-state index is 10.1. The molecule has 0 unspecified atom stereocenters. The van der Waals surface area contributed by atoms with Crippen LogP contribution in [0.2, 0.25) is 0 Å². The SMILES string of the molecule is CCc1cc2c(cc1CC)C(C)(C)C[C@@H]2O. The standard InChI is InChI=1S/C15H22O/c1-5-10-7-12-13(8-11(10)6-2)15(3,4)9-14(12)16/h7-8,14,16H,5-6,9H2,1-4H3/t14-/m0/s1. The van der Waals surface area contributed by atoms with Gasteiger partial charge >= 0.3 is 0 Å². The molecule has 0 amide bonds. The Bertz CT molecular complexity index is 404. The zero-order chi connectivity index (χ0) is 11.9. The first-order chi connectivity index (χ1) is 7.49. The third kappa shape index (κ3) is 1.67. The fourth-order valence-corrected chi connectivity index (χ4v) is 2.93. The molecule has 2 rings (SSSR count). The summed E-state index contributed by atoms with van der Waals surface area (Å²) in [5, 5.41) is 10.1. The Morgan fingerprint density at radius 2 is 1.75 bits per heavy atom. The van der Waals surface area contributed by atoms with Crippen LogP contribution in [0.4, 0.5) is 0 Å². The highest BCUT2D eigenvalue weighted by atomic mass is 16.3.